The van der Waals surface area contributed by atoms with E-state index < -0.39 is 6.10 Å². The summed E-state index contributed by atoms with van der Waals surface area (Å²) in [6.07, 6.45) is 2.41. The summed E-state index contributed by atoms with van der Waals surface area (Å²) in [4.78, 5) is 2.28. The molecule has 0 aromatic heterocycles. The third-order valence-electron chi connectivity index (χ3n) is 3.15. The molecule has 0 aliphatic rings. The van der Waals surface area contributed by atoms with Crippen LogP contribution in [0.4, 0.5) is 0 Å². The van der Waals surface area contributed by atoms with Crippen LogP contribution in [-0.2, 0) is 0 Å². The molecule has 0 heterocycles. The van der Waals surface area contributed by atoms with Gasteiger partial charge in [-0.05, 0) is 44.3 Å². The molecular weight excluding hydrogens is 266 g/mol. The van der Waals surface area contributed by atoms with Gasteiger partial charge in [-0.3, -0.25) is 0 Å². The molecule has 2 unspecified atom stereocenters. The van der Waals surface area contributed by atoms with Crippen molar-refractivity contribution in [3.8, 4) is 0 Å². The molecule has 1 aromatic rings. The molecule has 0 bridgehead atoms. The van der Waals surface area contributed by atoms with Crippen molar-refractivity contribution >= 4 is 23.4 Å². The van der Waals surface area contributed by atoms with Crippen molar-refractivity contribution in [2.24, 2.45) is 0 Å². The van der Waals surface area contributed by atoms with E-state index in [0.29, 0.717) is 11.1 Å². The fraction of sp³-hybridized carbons (Fsp3) is 0.571. The molecule has 0 aliphatic carbocycles. The van der Waals surface area contributed by atoms with Gasteiger partial charge in [0, 0.05) is 23.4 Å². The molecule has 4 heteroatoms. The van der Waals surface area contributed by atoms with Crippen LogP contribution >= 0.6 is 23.4 Å². The van der Waals surface area contributed by atoms with Crippen LogP contribution in [0.15, 0.2) is 24.3 Å². The molecule has 0 aliphatic heterocycles. The van der Waals surface area contributed by atoms with Gasteiger partial charge in [0.2, 0.25) is 0 Å². The molecule has 0 saturated carbocycles. The number of hydrogen-bond acceptors (Lipinski definition) is 3. The van der Waals surface area contributed by atoms with Crippen LogP contribution < -0.4 is 0 Å². The van der Waals surface area contributed by atoms with E-state index in [1.165, 1.54) is 0 Å². The average molecular weight is 288 g/mol. The van der Waals surface area contributed by atoms with Gasteiger partial charge in [-0.25, -0.2) is 0 Å². The molecule has 1 aromatic carbocycles. The first-order valence-corrected chi connectivity index (χ1v) is 7.94. The molecule has 0 radical (unpaired) electrons. The van der Waals surface area contributed by atoms with Crippen molar-refractivity contribution in [2.45, 2.75) is 25.5 Å². The summed E-state index contributed by atoms with van der Waals surface area (Å²) in [5, 5.41) is 10.8. The first-order valence-electron chi connectivity index (χ1n) is 6.17. The summed E-state index contributed by atoms with van der Waals surface area (Å²) >= 11 is 7.77. The van der Waals surface area contributed by atoms with Crippen molar-refractivity contribution in [1.82, 2.24) is 4.90 Å². The van der Waals surface area contributed by atoms with Gasteiger partial charge in [0.15, 0.2) is 0 Å². The first kappa shape index (κ1) is 15.8. The van der Waals surface area contributed by atoms with Gasteiger partial charge in [-0.15, -0.1) is 0 Å². The summed E-state index contributed by atoms with van der Waals surface area (Å²) in [6.45, 7) is 3.09. The second-order valence-electron chi connectivity index (χ2n) is 4.64. The summed E-state index contributed by atoms with van der Waals surface area (Å²) < 4.78 is 0. The second-order valence-corrected chi connectivity index (χ2v) is 5.99. The lowest BCUT2D eigenvalue weighted by Gasteiger charge is -2.25. The summed E-state index contributed by atoms with van der Waals surface area (Å²) in [7, 11) is 2.10. The Bertz CT molecular complexity index is 361. The Labute approximate surface area is 119 Å². The van der Waals surface area contributed by atoms with Crippen LogP contribution in [0.25, 0.3) is 0 Å². The fourth-order valence-electron chi connectivity index (χ4n) is 1.80. The van der Waals surface area contributed by atoms with E-state index in [9.17, 15) is 5.11 Å². The summed E-state index contributed by atoms with van der Waals surface area (Å²) in [5.74, 6) is 1.11. The number of rotatable bonds is 7. The van der Waals surface area contributed by atoms with Crippen LogP contribution in [0, 0.1) is 0 Å². The molecule has 0 saturated heterocycles. The van der Waals surface area contributed by atoms with E-state index in [1.807, 2.05) is 36.0 Å². The van der Waals surface area contributed by atoms with Crippen molar-refractivity contribution in [3.05, 3.63) is 34.9 Å². The molecule has 0 amide bonds. The minimum absolute atomic E-state index is 0.437. The largest absolute Gasteiger partial charge is 0.388 e. The van der Waals surface area contributed by atoms with Crippen LogP contribution in [0.5, 0.6) is 0 Å². The third-order valence-corrected chi connectivity index (χ3v) is 4.20. The van der Waals surface area contributed by atoms with Gasteiger partial charge in [0.1, 0.15) is 0 Å². The van der Waals surface area contributed by atoms with Crippen molar-refractivity contribution in [3.63, 3.8) is 0 Å². The number of halogens is 1. The van der Waals surface area contributed by atoms with Crippen LogP contribution in [-0.4, -0.2) is 41.6 Å². The Kier molecular flexibility index (Phi) is 7.08. The molecule has 0 fully saturated rings. The van der Waals surface area contributed by atoms with Gasteiger partial charge in [0.25, 0.3) is 0 Å². The van der Waals surface area contributed by atoms with E-state index in [0.717, 1.165) is 24.3 Å². The highest BCUT2D eigenvalue weighted by molar-refractivity contribution is 7.98. The third kappa shape index (κ3) is 5.19. The number of aliphatic hydroxyl groups is 1. The Hall–Kier alpha value is -0.220. The average Bonchev–Trinajstić information content (AvgIpc) is 2.35. The predicted octanol–water partition coefficient (Wildman–Crippen LogP) is 3.45. The summed E-state index contributed by atoms with van der Waals surface area (Å²) in [6, 6.07) is 7.98. The van der Waals surface area contributed by atoms with Gasteiger partial charge in [0.05, 0.1) is 6.10 Å². The molecule has 1 N–H and O–H groups in total. The minimum Gasteiger partial charge on any atom is -0.388 e. The highest BCUT2D eigenvalue weighted by atomic mass is 35.5. The zero-order valence-corrected chi connectivity index (χ0v) is 12.8. The van der Waals surface area contributed by atoms with Gasteiger partial charge in [-0.1, -0.05) is 23.7 Å². The molecule has 2 nitrogen and oxygen atoms in total. The number of hydrogen-bond donors (Lipinski definition) is 1. The summed E-state index contributed by atoms with van der Waals surface area (Å²) in [5.41, 5.74) is 0.897. The highest BCUT2D eigenvalue weighted by Gasteiger charge is 2.12. The van der Waals surface area contributed by atoms with Crippen molar-refractivity contribution < 1.29 is 5.11 Å². The standard InChI is InChI=1S/C14H22ClNOS/c1-11(10-18-3)16(2)8-7-14(17)12-5-4-6-13(15)9-12/h4-6,9,11,14,17H,7-8,10H2,1-3H3. The Balaban J connectivity index is 2.43. The lowest BCUT2D eigenvalue weighted by Crippen LogP contribution is -2.32. The maximum absolute atomic E-state index is 10.1. The smallest absolute Gasteiger partial charge is 0.0802 e. The van der Waals surface area contributed by atoms with Gasteiger partial charge >= 0.3 is 0 Å². The van der Waals surface area contributed by atoms with E-state index in [1.54, 1.807) is 0 Å². The molecule has 0 spiro atoms. The van der Waals surface area contributed by atoms with Crippen molar-refractivity contribution in [2.75, 3.05) is 25.6 Å². The molecule has 18 heavy (non-hydrogen) atoms. The van der Waals surface area contributed by atoms with E-state index in [-0.39, 0.29) is 0 Å². The minimum atomic E-state index is -0.437. The number of aliphatic hydroxyl groups excluding tert-OH is 1. The maximum atomic E-state index is 10.1. The van der Waals surface area contributed by atoms with E-state index in [4.69, 9.17) is 11.6 Å². The number of benzene rings is 1. The monoisotopic (exact) mass is 287 g/mol. The number of nitrogens with zero attached hydrogens (tertiary/aromatic N) is 1. The normalized spacial score (nSPS) is 14.8. The lowest BCUT2D eigenvalue weighted by atomic mass is 10.1. The van der Waals surface area contributed by atoms with Crippen LogP contribution in [0.2, 0.25) is 5.02 Å². The molecule has 1 rings (SSSR count). The zero-order chi connectivity index (χ0) is 13.5. The SMILES string of the molecule is CSCC(C)N(C)CCC(O)c1cccc(Cl)c1. The van der Waals surface area contributed by atoms with E-state index in [2.05, 4.69) is 25.1 Å². The highest BCUT2D eigenvalue weighted by Crippen LogP contribution is 2.20. The molecule has 2 atom stereocenters. The van der Waals surface area contributed by atoms with E-state index >= 15 is 0 Å². The first-order chi connectivity index (χ1) is 8.54. The lowest BCUT2D eigenvalue weighted by molar-refractivity contribution is 0.142. The van der Waals surface area contributed by atoms with Crippen LogP contribution in [0.1, 0.15) is 25.0 Å². The Morgan fingerprint density at radius 3 is 2.78 bits per heavy atom. The zero-order valence-electron chi connectivity index (χ0n) is 11.3. The maximum Gasteiger partial charge on any atom is 0.0802 e. The predicted molar refractivity (Wildman–Crippen MR) is 81.5 cm³/mol. The second kappa shape index (κ2) is 8.05. The van der Waals surface area contributed by atoms with Crippen molar-refractivity contribution in [1.29, 1.82) is 0 Å². The molecular formula is C14H22ClNOS. The number of thioether (sulfide) groups is 1. The van der Waals surface area contributed by atoms with Gasteiger partial charge in [-0.2, -0.15) is 11.8 Å². The quantitative estimate of drug-likeness (QED) is 0.831. The van der Waals surface area contributed by atoms with Gasteiger partial charge < -0.3 is 10.0 Å². The van der Waals surface area contributed by atoms with Crippen LogP contribution in [0.3, 0.4) is 0 Å². The topological polar surface area (TPSA) is 23.5 Å². The fourth-order valence-corrected chi connectivity index (χ4v) is 2.73. The Morgan fingerprint density at radius 2 is 2.17 bits per heavy atom. The Morgan fingerprint density at radius 1 is 1.44 bits per heavy atom. The molecule has 102 valence electrons.